The van der Waals surface area contributed by atoms with Gasteiger partial charge in [0.15, 0.2) is 0 Å². The normalized spacial score (nSPS) is 21.9. The smallest absolute Gasteiger partial charge is 0.0716 e. The lowest BCUT2D eigenvalue weighted by atomic mass is 9.91. The van der Waals surface area contributed by atoms with Crippen LogP contribution < -0.4 is 5.32 Å². The Bertz CT molecular complexity index is 408. The second-order valence-electron chi connectivity index (χ2n) is 6.04. The van der Waals surface area contributed by atoms with Gasteiger partial charge in [-0.15, -0.1) is 0 Å². The number of hydrogen-bond acceptors (Lipinski definition) is 3. The maximum Gasteiger partial charge on any atom is 0.0716 e. The first kappa shape index (κ1) is 15.5. The highest BCUT2D eigenvalue weighted by Gasteiger charge is 2.22. The van der Waals surface area contributed by atoms with Crippen LogP contribution in [0.4, 0.5) is 0 Å². The highest BCUT2D eigenvalue weighted by atomic mass is 16.5. The molecule has 20 heavy (non-hydrogen) atoms. The Morgan fingerprint density at radius 1 is 1.35 bits per heavy atom. The van der Waals surface area contributed by atoms with Crippen LogP contribution in [-0.4, -0.2) is 38.2 Å². The Morgan fingerprint density at radius 3 is 2.80 bits per heavy atom. The minimum Gasteiger partial charge on any atom is -0.380 e. The van der Waals surface area contributed by atoms with E-state index in [1.807, 2.05) is 0 Å². The van der Waals surface area contributed by atoms with E-state index in [9.17, 15) is 0 Å². The lowest BCUT2D eigenvalue weighted by Gasteiger charge is -2.34. The fourth-order valence-electron chi connectivity index (χ4n) is 3.08. The van der Waals surface area contributed by atoms with Crippen LogP contribution in [0.3, 0.4) is 0 Å². The van der Waals surface area contributed by atoms with Crippen molar-refractivity contribution in [3.05, 3.63) is 35.4 Å². The minimum atomic E-state index is 0.563. The van der Waals surface area contributed by atoms with E-state index in [1.54, 1.807) is 7.11 Å². The molecule has 0 spiro atoms. The van der Waals surface area contributed by atoms with Crippen molar-refractivity contribution >= 4 is 0 Å². The third-order valence-corrected chi connectivity index (χ3v) is 4.40. The number of likely N-dealkylation sites (tertiary alicyclic amines) is 1. The monoisotopic (exact) mass is 276 g/mol. The van der Waals surface area contributed by atoms with E-state index < -0.39 is 0 Å². The summed E-state index contributed by atoms with van der Waals surface area (Å²) in [5.74, 6) is 0.767. The van der Waals surface area contributed by atoms with Gasteiger partial charge in [-0.1, -0.05) is 24.3 Å². The molecule has 1 fully saturated rings. The maximum atomic E-state index is 5.27. The summed E-state index contributed by atoms with van der Waals surface area (Å²) in [6, 6.07) is 9.10. The summed E-state index contributed by atoms with van der Waals surface area (Å²) in [5.41, 5.74) is 2.64. The topological polar surface area (TPSA) is 24.5 Å². The average molecular weight is 276 g/mol. The van der Waals surface area contributed by atoms with Crippen LogP contribution in [0, 0.1) is 5.92 Å². The molecule has 3 nitrogen and oxygen atoms in total. The molecule has 2 atom stereocenters. The molecule has 2 rings (SSSR count). The molecule has 1 saturated heterocycles. The van der Waals surface area contributed by atoms with Crippen LogP contribution in [0.15, 0.2) is 24.3 Å². The first-order valence-electron chi connectivity index (χ1n) is 7.68. The van der Waals surface area contributed by atoms with Gasteiger partial charge in [0.2, 0.25) is 0 Å². The lowest BCUT2D eigenvalue weighted by Crippen LogP contribution is -2.42. The largest absolute Gasteiger partial charge is 0.380 e. The highest BCUT2D eigenvalue weighted by molar-refractivity contribution is 5.26. The third kappa shape index (κ3) is 4.30. The van der Waals surface area contributed by atoms with Gasteiger partial charge >= 0.3 is 0 Å². The van der Waals surface area contributed by atoms with E-state index in [2.05, 4.69) is 48.5 Å². The van der Waals surface area contributed by atoms with Gasteiger partial charge in [-0.3, -0.25) is 0 Å². The van der Waals surface area contributed by atoms with Crippen molar-refractivity contribution in [1.82, 2.24) is 10.2 Å². The van der Waals surface area contributed by atoms with E-state index in [1.165, 1.54) is 37.1 Å². The van der Waals surface area contributed by atoms with E-state index in [0.29, 0.717) is 12.6 Å². The first-order valence-corrected chi connectivity index (χ1v) is 7.68. The number of nitrogens with zero attached hydrogens (tertiary/aromatic N) is 1. The number of benzene rings is 1. The number of rotatable bonds is 6. The van der Waals surface area contributed by atoms with Crippen molar-refractivity contribution in [1.29, 1.82) is 0 Å². The summed E-state index contributed by atoms with van der Waals surface area (Å²) in [6.07, 6.45) is 2.67. The molecule has 1 aliphatic heterocycles. The van der Waals surface area contributed by atoms with Crippen LogP contribution in [-0.2, 0) is 17.9 Å². The second kappa shape index (κ2) is 7.77. The molecular weight excluding hydrogens is 248 g/mol. The molecule has 0 radical (unpaired) electrons. The van der Waals surface area contributed by atoms with Crippen molar-refractivity contribution in [3.8, 4) is 0 Å². The van der Waals surface area contributed by atoms with Gasteiger partial charge in [0.05, 0.1) is 6.61 Å². The van der Waals surface area contributed by atoms with Crippen LogP contribution >= 0.6 is 0 Å². The number of hydrogen-bond donors (Lipinski definition) is 1. The van der Waals surface area contributed by atoms with Gasteiger partial charge in [-0.05, 0) is 50.4 Å². The molecule has 0 bridgehead atoms. The third-order valence-electron chi connectivity index (χ3n) is 4.40. The zero-order valence-electron chi connectivity index (χ0n) is 13.1. The number of methoxy groups -OCH3 is 1. The Labute approximate surface area is 123 Å². The summed E-state index contributed by atoms with van der Waals surface area (Å²) < 4.78 is 5.27. The van der Waals surface area contributed by atoms with Crippen molar-refractivity contribution in [2.24, 2.45) is 5.92 Å². The number of nitrogens with one attached hydrogen (secondary N) is 1. The molecule has 112 valence electrons. The van der Waals surface area contributed by atoms with Crippen molar-refractivity contribution in [3.63, 3.8) is 0 Å². The van der Waals surface area contributed by atoms with Crippen LogP contribution in [0.5, 0.6) is 0 Å². The van der Waals surface area contributed by atoms with Crippen LogP contribution in [0.2, 0.25) is 0 Å². The minimum absolute atomic E-state index is 0.563. The van der Waals surface area contributed by atoms with Crippen molar-refractivity contribution in [2.75, 3.05) is 27.2 Å². The zero-order valence-corrected chi connectivity index (χ0v) is 13.1. The molecule has 2 unspecified atom stereocenters. The second-order valence-corrected chi connectivity index (χ2v) is 6.04. The van der Waals surface area contributed by atoms with Gasteiger partial charge in [0, 0.05) is 26.2 Å². The van der Waals surface area contributed by atoms with E-state index in [-0.39, 0.29) is 0 Å². The molecule has 1 N–H and O–H groups in total. The summed E-state index contributed by atoms with van der Waals surface area (Å²) in [4.78, 5) is 2.45. The zero-order chi connectivity index (χ0) is 14.4. The van der Waals surface area contributed by atoms with Gasteiger partial charge in [0.1, 0.15) is 0 Å². The van der Waals surface area contributed by atoms with Crippen molar-refractivity contribution in [2.45, 2.75) is 39.0 Å². The van der Waals surface area contributed by atoms with Crippen molar-refractivity contribution < 1.29 is 4.74 Å². The quantitative estimate of drug-likeness (QED) is 0.864. The van der Waals surface area contributed by atoms with Gasteiger partial charge in [-0.2, -0.15) is 0 Å². The van der Waals surface area contributed by atoms with Gasteiger partial charge < -0.3 is 15.0 Å². The predicted molar refractivity (Wildman–Crippen MR) is 83.7 cm³/mol. The molecule has 1 heterocycles. The molecule has 0 amide bonds. The fraction of sp³-hybridized carbons (Fsp3) is 0.647. The predicted octanol–water partition coefficient (Wildman–Crippen LogP) is 2.65. The summed E-state index contributed by atoms with van der Waals surface area (Å²) >= 11 is 0. The number of piperidine rings is 1. The molecular formula is C17H28N2O. The van der Waals surface area contributed by atoms with Crippen LogP contribution in [0.1, 0.15) is 30.9 Å². The Morgan fingerprint density at radius 2 is 2.10 bits per heavy atom. The molecule has 1 aromatic carbocycles. The van der Waals surface area contributed by atoms with Gasteiger partial charge in [-0.25, -0.2) is 0 Å². The molecule has 1 aliphatic rings. The van der Waals surface area contributed by atoms with E-state index in [4.69, 9.17) is 4.74 Å². The Kier molecular flexibility index (Phi) is 6.02. The van der Waals surface area contributed by atoms with E-state index >= 15 is 0 Å². The van der Waals surface area contributed by atoms with E-state index in [0.717, 1.165) is 12.5 Å². The van der Waals surface area contributed by atoms with Gasteiger partial charge in [0.25, 0.3) is 0 Å². The lowest BCUT2D eigenvalue weighted by molar-refractivity contribution is 0.176. The fourth-order valence-corrected chi connectivity index (χ4v) is 3.08. The summed E-state index contributed by atoms with van der Waals surface area (Å²) in [7, 11) is 3.98. The average Bonchev–Trinajstić information content (AvgIpc) is 2.46. The number of ether oxygens (including phenoxy) is 1. The molecule has 0 saturated carbocycles. The summed E-state index contributed by atoms with van der Waals surface area (Å²) in [6.45, 7) is 6.41. The molecule has 3 heteroatoms. The molecule has 0 aliphatic carbocycles. The van der Waals surface area contributed by atoms with Crippen LogP contribution in [0.25, 0.3) is 0 Å². The Balaban J connectivity index is 1.88. The SMILES string of the molecule is COCc1ccccc1CNC(C)C1CCCN(C)C1. The summed E-state index contributed by atoms with van der Waals surface area (Å²) in [5, 5.41) is 3.71. The standard InChI is InChI=1S/C17H28N2O/c1-14(16-9-6-10-19(2)12-16)18-11-15-7-4-5-8-17(15)13-20-3/h4-5,7-8,14,16,18H,6,9-13H2,1-3H3. The Hall–Kier alpha value is -0.900. The highest BCUT2D eigenvalue weighted by Crippen LogP contribution is 2.19. The molecule has 1 aromatic rings. The first-order chi connectivity index (χ1) is 9.70. The molecule has 0 aromatic heterocycles. The maximum absolute atomic E-state index is 5.27.